The Morgan fingerprint density at radius 2 is 1.82 bits per heavy atom. The van der Waals surface area contributed by atoms with Crippen molar-refractivity contribution in [3.63, 3.8) is 0 Å². The highest BCUT2D eigenvalue weighted by Crippen LogP contribution is 2.22. The normalized spacial score (nSPS) is 15.7. The van der Waals surface area contributed by atoms with E-state index < -0.39 is 6.04 Å². The largest absolute Gasteiger partial charge is 0.467 e. The first-order valence-electron chi connectivity index (χ1n) is 9.46. The average molecular weight is 383 g/mol. The number of amides is 3. The van der Waals surface area contributed by atoms with Crippen LogP contribution in [0.5, 0.6) is 0 Å². The molecule has 7 heteroatoms. The van der Waals surface area contributed by atoms with E-state index >= 15 is 0 Å². The average Bonchev–Trinajstić information content (AvgIpc) is 3.24. The van der Waals surface area contributed by atoms with E-state index in [1.54, 1.807) is 54.5 Å². The Morgan fingerprint density at radius 3 is 2.43 bits per heavy atom. The lowest BCUT2D eigenvalue weighted by Gasteiger charge is -2.35. The van der Waals surface area contributed by atoms with Gasteiger partial charge in [-0.15, -0.1) is 0 Å². The summed E-state index contributed by atoms with van der Waals surface area (Å²) in [6.45, 7) is 2.98. The predicted molar refractivity (Wildman–Crippen MR) is 103 cm³/mol. The van der Waals surface area contributed by atoms with Crippen LogP contribution in [0.2, 0.25) is 0 Å². The number of hydrogen-bond acceptors (Lipinski definition) is 4. The molecule has 1 unspecified atom stereocenters. The fourth-order valence-corrected chi connectivity index (χ4v) is 3.46. The van der Waals surface area contributed by atoms with Crippen LogP contribution in [0.3, 0.4) is 0 Å². The maximum Gasteiger partial charge on any atom is 0.251 e. The van der Waals surface area contributed by atoms with Crippen molar-refractivity contribution in [3.8, 4) is 0 Å². The lowest BCUT2D eigenvalue weighted by Crippen LogP contribution is -2.53. The number of carbonyl (C=O) groups excluding carboxylic acids is 3. The summed E-state index contributed by atoms with van der Waals surface area (Å²) in [5.74, 6) is 0.105. The van der Waals surface area contributed by atoms with E-state index in [2.05, 4.69) is 10.6 Å². The summed E-state index contributed by atoms with van der Waals surface area (Å²) in [5, 5.41) is 5.74. The van der Waals surface area contributed by atoms with Crippen LogP contribution in [-0.2, 0) is 16.1 Å². The van der Waals surface area contributed by atoms with Crippen molar-refractivity contribution >= 4 is 17.7 Å². The fourth-order valence-electron chi connectivity index (χ4n) is 3.46. The molecule has 28 heavy (non-hydrogen) atoms. The second kappa shape index (κ2) is 9.21. The van der Waals surface area contributed by atoms with Gasteiger partial charge in [-0.25, -0.2) is 0 Å². The second-order valence-corrected chi connectivity index (χ2v) is 6.96. The van der Waals surface area contributed by atoms with E-state index in [-0.39, 0.29) is 30.2 Å². The molecule has 7 nitrogen and oxygen atoms in total. The Hall–Kier alpha value is -3.09. The van der Waals surface area contributed by atoms with Crippen molar-refractivity contribution in [2.45, 2.75) is 32.4 Å². The molecule has 0 bridgehead atoms. The SMILES string of the molecule is CC(=O)N1CCC(C(NC(=O)c2ccccc2)C(=O)NCc2ccco2)CC1. The van der Waals surface area contributed by atoms with E-state index in [0.717, 1.165) is 0 Å². The van der Waals surface area contributed by atoms with Gasteiger partial charge in [0.15, 0.2) is 0 Å². The summed E-state index contributed by atoms with van der Waals surface area (Å²) in [7, 11) is 0. The van der Waals surface area contributed by atoms with Crippen LogP contribution >= 0.6 is 0 Å². The minimum atomic E-state index is -0.670. The summed E-state index contributed by atoms with van der Waals surface area (Å²) >= 11 is 0. The molecule has 1 aromatic heterocycles. The molecule has 2 aromatic rings. The zero-order chi connectivity index (χ0) is 19.9. The summed E-state index contributed by atoms with van der Waals surface area (Å²) in [5.41, 5.74) is 0.507. The van der Waals surface area contributed by atoms with Crippen LogP contribution in [0.15, 0.2) is 53.1 Å². The number of carbonyl (C=O) groups is 3. The maximum atomic E-state index is 12.9. The van der Waals surface area contributed by atoms with Crippen molar-refractivity contribution in [1.29, 1.82) is 0 Å². The molecule has 2 heterocycles. The zero-order valence-corrected chi connectivity index (χ0v) is 15.9. The van der Waals surface area contributed by atoms with Crippen LogP contribution in [0.1, 0.15) is 35.9 Å². The van der Waals surface area contributed by atoms with Gasteiger partial charge in [-0.1, -0.05) is 18.2 Å². The Labute approximate surface area is 164 Å². The van der Waals surface area contributed by atoms with Gasteiger partial charge < -0.3 is 20.0 Å². The summed E-state index contributed by atoms with van der Waals surface area (Å²) < 4.78 is 5.25. The quantitative estimate of drug-likeness (QED) is 0.798. The molecule has 1 aliphatic heterocycles. The number of furan rings is 1. The van der Waals surface area contributed by atoms with Gasteiger partial charge in [-0.2, -0.15) is 0 Å². The number of likely N-dealkylation sites (tertiary alicyclic amines) is 1. The Kier molecular flexibility index (Phi) is 6.47. The van der Waals surface area contributed by atoms with Gasteiger partial charge in [0, 0.05) is 25.6 Å². The molecule has 1 aromatic carbocycles. The molecular weight excluding hydrogens is 358 g/mol. The van der Waals surface area contributed by atoms with Gasteiger partial charge in [-0.05, 0) is 43.0 Å². The smallest absolute Gasteiger partial charge is 0.251 e. The molecule has 1 saturated heterocycles. The van der Waals surface area contributed by atoms with Gasteiger partial charge in [0.1, 0.15) is 11.8 Å². The molecule has 148 valence electrons. The number of benzene rings is 1. The predicted octanol–water partition coefficient (Wildman–Crippen LogP) is 1.95. The first kappa shape index (κ1) is 19.7. The number of nitrogens with one attached hydrogen (secondary N) is 2. The Bertz CT molecular complexity index is 796. The highest BCUT2D eigenvalue weighted by atomic mass is 16.3. The van der Waals surface area contributed by atoms with E-state index in [4.69, 9.17) is 4.42 Å². The summed E-state index contributed by atoms with van der Waals surface area (Å²) in [6, 6.07) is 11.7. The number of nitrogens with zero attached hydrogens (tertiary/aromatic N) is 1. The monoisotopic (exact) mass is 383 g/mol. The van der Waals surface area contributed by atoms with E-state index in [1.165, 1.54) is 0 Å². The Balaban J connectivity index is 1.68. The molecule has 3 amide bonds. The number of hydrogen-bond donors (Lipinski definition) is 2. The van der Waals surface area contributed by atoms with Crippen LogP contribution < -0.4 is 10.6 Å². The van der Waals surface area contributed by atoms with Gasteiger partial charge in [0.25, 0.3) is 5.91 Å². The third-order valence-corrected chi connectivity index (χ3v) is 5.08. The highest BCUT2D eigenvalue weighted by Gasteiger charge is 2.33. The lowest BCUT2D eigenvalue weighted by atomic mass is 9.88. The van der Waals surface area contributed by atoms with Crippen molar-refractivity contribution in [2.24, 2.45) is 5.92 Å². The molecule has 2 N–H and O–H groups in total. The minimum Gasteiger partial charge on any atom is -0.467 e. The lowest BCUT2D eigenvalue weighted by molar-refractivity contribution is -0.130. The molecule has 0 saturated carbocycles. The van der Waals surface area contributed by atoms with Crippen molar-refractivity contribution in [3.05, 3.63) is 60.1 Å². The summed E-state index contributed by atoms with van der Waals surface area (Å²) in [6.07, 6.45) is 2.87. The van der Waals surface area contributed by atoms with Crippen LogP contribution in [0.4, 0.5) is 0 Å². The minimum absolute atomic E-state index is 0.0330. The van der Waals surface area contributed by atoms with E-state index in [0.29, 0.717) is 37.3 Å². The second-order valence-electron chi connectivity index (χ2n) is 6.96. The third kappa shape index (κ3) is 5.00. The molecule has 0 spiro atoms. The van der Waals surface area contributed by atoms with Crippen molar-refractivity contribution in [1.82, 2.24) is 15.5 Å². The summed E-state index contributed by atoms with van der Waals surface area (Å²) in [4.78, 5) is 38.8. The highest BCUT2D eigenvalue weighted by molar-refractivity contribution is 5.97. The molecular formula is C21H25N3O4. The molecule has 1 aliphatic rings. The molecule has 1 fully saturated rings. The van der Waals surface area contributed by atoms with Gasteiger partial charge in [0.05, 0.1) is 12.8 Å². The Morgan fingerprint density at radius 1 is 1.11 bits per heavy atom. The first-order chi connectivity index (χ1) is 13.5. The fraction of sp³-hybridized carbons (Fsp3) is 0.381. The van der Waals surface area contributed by atoms with E-state index in [1.807, 2.05) is 6.07 Å². The van der Waals surface area contributed by atoms with Crippen LogP contribution in [0, 0.1) is 5.92 Å². The van der Waals surface area contributed by atoms with Crippen molar-refractivity contribution in [2.75, 3.05) is 13.1 Å². The van der Waals surface area contributed by atoms with Gasteiger partial charge in [-0.3, -0.25) is 14.4 Å². The maximum absolute atomic E-state index is 12.9. The van der Waals surface area contributed by atoms with Gasteiger partial charge >= 0.3 is 0 Å². The third-order valence-electron chi connectivity index (χ3n) is 5.08. The van der Waals surface area contributed by atoms with Crippen LogP contribution in [-0.4, -0.2) is 41.8 Å². The number of rotatable bonds is 6. The molecule has 1 atom stereocenters. The van der Waals surface area contributed by atoms with Crippen LogP contribution in [0.25, 0.3) is 0 Å². The standard InChI is InChI=1S/C21H25N3O4/c1-15(25)24-11-9-16(10-12-24)19(21(27)22-14-18-8-5-13-28-18)23-20(26)17-6-3-2-4-7-17/h2-8,13,16,19H,9-12,14H2,1H3,(H,22,27)(H,23,26). The molecule has 0 radical (unpaired) electrons. The van der Waals surface area contributed by atoms with Gasteiger partial charge in [0.2, 0.25) is 11.8 Å². The molecule has 3 rings (SSSR count). The first-order valence-corrected chi connectivity index (χ1v) is 9.46. The molecule has 0 aliphatic carbocycles. The number of piperidine rings is 1. The van der Waals surface area contributed by atoms with Crippen molar-refractivity contribution < 1.29 is 18.8 Å². The topological polar surface area (TPSA) is 91.7 Å². The van der Waals surface area contributed by atoms with E-state index in [9.17, 15) is 14.4 Å². The zero-order valence-electron chi connectivity index (χ0n) is 15.9.